The van der Waals surface area contributed by atoms with Gasteiger partial charge in [-0.15, -0.1) is 11.3 Å². The quantitative estimate of drug-likeness (QED) is 0.570. The Hall–Kier alpha value is -1.76. The summed E-state index contributed by atoms with van der Waals surface area (Å²) in [5, 5.41) is 2.18. The maximum atomic E-state index is 5.99. The number of H-pyrrole nitrogens is 1. The molecule has 29 heavy (non-hydrogen) atoms. The first-order valence-corrected chi connectivity index (χ1v) is 11.5. The molecule has 6 heteroatoms. The van der Waals surface area contributed by atoms with Crippen LogP contribution in [-0.2, 0) is 16.7 Å². The molecule has 0 spiro atoms. The monoisotopic (exact) mass is 412 g/mol. The third kappa shape index (κ3) is 4.11. The summed E-state index contributed by atoms with van der Waals surface area (Å²) in [6.07, 6.45) is 7.20. The zero-order valence-electron chi connectivity index (χ0n) is 18.0. The number of nitrogens with one attached hydrogen (secondary N) is 1. The summed E-state index contributed by atoms with van der Waals surface area (Å²) < 4.78 is 5.99. The van der Waals surface area contributed by atoms with Crippen LogP contribution in [0.1, 0.15) is 49.7 Å². The first-order chi connectivity index (χ1) is 13.9. The summed E-state index contributed by atoms with van der Waals surface area (Å²) in [6.45, 7) is 12.5. The molecular formula is C23H32N4OS. The molecule has 0 aliphatic carbocycles. The Morgan fingerprint density at radius 3 is 2.93 bits per heavy atom. The second-order valence-electron chi connectivity index (χ2n) is 8.88. The van der Waals surface area contributed by atoms with Gasteiger partial charge in [0.2, 0.25) is 0 Å². The molecule has 1 aliphatic rings. The predicted octanol–water partition coefficient (Wildman–Crippen LogP) is 4.92. The number of aryl methyl sites for hydroxylation is 2. The molecule has 3 aromatic heterocycles. The van der Waals surface area contributed by atoms with Crippen LogP contribution in [0.4, 0.5) is 0 Å². The van der Waals surface area contributed by atoms with Crippen molar-refractivity contribution in [2.24, 2.45) is 5.41 Å². The highest BCUT2D eigenvalue weighted by Gasteiger charge is 2.43. The van der Waals surface area contributed by atoms with Gasteiger partial charge in [0.25, 0.3) is 0 Å². The van der Waals surface area contributed by atoms with Gasteiger partial charge in [0, 0.05) is 46.3 Å². The lowest BCUT2D eigenvalue weighted by Gasteiger charge is -2.38. The number of aromatic amines is 1. The van der Waals surface area contributed by atoms with E-state index in [-0.39, 0.29) is 11.0 Å². The standard InChI is InChI=1S/C23H32N4OS/c1-5-28-15-23(9-8-20-21-19(13-29-20)25-16-26-21)10-11-27(14-23)22(3,4)18-7-6-17(2)24-12-18/h6-7,12-13,16H,5,8-11,14-15H2,1-4H3,(H,25,26). The van der Waals surface area contributed by atoms with Gasteiger partial charge >= 0.3 is 0 Å². The minimum Gasteiger partial charge on any atom is -0.381 e. The van der Waals surface area contributed by atoms with Crippen molar-refractivity contribution in [3.63, 3.8) is 0 Å². The summed E-state index contributed by atoms with van der Waals surface area (Å²) >= 11 is 1.82. The molecule has 3 aromatic rings. The predicted molar refractivity (Wildman–Crippen MR) is 119 cm³/mol. The number of fused-ring (bicyclic) bond motifs is 1. The van der Waals surface area contributed by atoms with Crippen molar-refractivity contribution in [1.82, 2.24) is 19.9 Å². The molecule has 156 valence electrons. The van der Waals surface area contributed by atoms with Crippen LogP contribution in [0.25, 0.3) is 11.0 Å². The highest BCUT2D eigenvalue weighted by molar-refractivity contribution is 7.11. The number of aromatic nitrogens is 3. The van der Waals surface area contributed by atoms with E-state index >= 15 is 0 Å². The zero-order valence-corrected chi connectivity index (χ0v) is 18.8. The van der Waals surface area contributed by atoms with Gasteiger partial charge in [-0.1, -0.05) is 6.07 Å². The van der Waals surface area contributed by atoms with Crippen molar-refractivity contribution >= 4 is 22.4 Å². The van der Waals surface area contributed by atoms with Gasteiger partial charge in [0.1, 0.15) is 5.52 Å². The fourth-order valence-electron chi connectivity index (χ4n) is 4.50. The van der Waals surface area contributed by atoms with Crippen LogP contribution in [0.2, 0.25) is 0 Å². The van der Waals surface area contributed by atoms with E-state index in [0.717, 1.165) is 55.9 Å². The van der Waals surface area contributed by atoms with Crippen molar-refractivity contribution in [1.29, 1.82) is 0 Å². The highest BCUT2D eigenvalue weighted by Crippen LogP contribution is 2.42. The summed E-state index contributed by atoms with van der Waals surface area (Å²) in [4.78, 5) is 16.3. The largest absolute Gasteiger partial charge is 0.381 e. The van der Waals surface area contributed by atoms with Crippen molar-refractivity contribution in [3.05, 3.63) is 46.2 Å². The number of ether oxygens (including phenoxy) is 1. The number of hydrogen-bond donors (Lipinski definition) is 1. The molecule has 0 radical (unpaired) electrons. The maximum Gasteiger partial charge on any atom is 0.102 e. The van der Waals surface area contributed by atoms with Gasteiger partial charge in [-0.3, -0.25) is 9.88 Å². The molecule has 1 aliphatic heterocycles. The summed E-state index contributed by atoms with van der Waals surface area (Å²) in [7, 11) is 0. The van der Waals surface area contributed by atoms with Crippen LogP contribution < -0.4 is 0 Å². The van der Waals surface area contributed by atoms with E-state index in [4.69, 9.17) is 4.74 Å². The molecular weight excluding hydrogens is 380 g/mol. The van der Waals surface area contributed by atoms with Gasteiger partial charge in [-0.2, -0.15) is 0 Å². The van der Waals surface area contributed by atoms with Crippen LogP contribution in [0.5, 0.6) is 0 Å². The SMILES string of the molecule is CCOCC1(CCc2scc3[nH]cnc23)CCN(C(C)(C)c2ccc(C)nc2)C1. The number of likely N-dealkylation sites (tertiary alicyclic amines) is 1. The Kier molecular flexibility index (Phi) is 5.78. The number of pyridine rings is 1. The summed E-state index contributed by atoms with van der Waals surface area (Å²) in [5.74, 6) is 0. The van der Waals surface area contributed by atoms with E-state index in [9.17, 15) is 0 Å². The molecule has 0 saturated carbocycles. The van der Waals surface area contributed by atoms with E-state index in [1.165, 1.54) is 16.9 Å². The number of nitrogens with zero attached hydrogens (tertiary/aromatic N) is 3. The number of imidazole rings is 1. The highest BCUT2D eigenvalue weighted by atomic mass is 32.1. The molecule has 1 N–H and O–H groups in total. The molecule has 4 heterocycles. The van der Waals surface area contributed by atoms with Crippen LogP contribution >= 0.6 is 11.3 Å². The minimum atomic E-state index is -0.0347. The molecule has 1 unspecified atom stereocenters. The smallest absolute Gasteiger partial charge is 0.102 e. The fourth-order valence-corrected chi connectivity index (χ4v) is 5.43. The van der Waals surface area contributed by atoms with Gasteiger partial charge in [0.15, 0.2) is 0 Å². The minimum absolute atomic E-state index is 0.0347. The van der Waals surface area contributed by atoms with Crippen LogP contribution in [0, 0.1) is 12.3 Å². The lowest BCUT2D eigenvalue weighted by molar-refractivity contribution is 0.0386. The van der Waals surface area contributed by atoms with E-state index in [1.54, 1.807) is 6.33 Å². The van der Waals surface area contributed by atoms with Crippen LogP contribution in [0.15, 0.2) is 30.0 Å². The zero-order chi connectivity index (χ0) is 20.5. The average Bonchev–Trinajstić information content (AvgIpc) is 3.42. The van der Waals surface area contributed by atoms with Crippen molar-refractivity contribution in [2.45, 2.75) is 52.5 Å². The molecule has 1 saturated heterocycles. The fraction of sp³-hybridized carbons (Fsp3) is 0.565. The van der Waals surface area contributed by atoms with Gasteiger partial charge in [-0.25, -0.2) is 4.98 Å². The molecule has 4 rings (SSSR count). The number of thiophene rings is 1. The van der Waals surface area contributed by atoms with Gasteiger partial charge in [0.05, 0.1) is 18.5 Å². The first kappa shape index (κ1) is 20.5. The Balaban J connectivity index is 1.51. The summed E-state index contributed by atoms with van der Waals surface area (Å²) in [6, 6.07) is 4.34. The second kappa shape index (κ2) is 8.17. The number of rotatable bonds is 8. The van der Waals surface area contributed by atoms with E-state index in [2.05, 4.69) is 58.1 Å². The molecule has 0 bridgehead atoms. The van der Waals surface area contributed by atoms with E-state index in [1.807, 2.05) is 24.5 Å². The Morgan fingerprint density at radius 1 is 1.31 bits per heavy atom. The molecule has 0 aromatic carbocycles. The topological polar surface area (TPSA) is 54.0 Å². The molecule has 5 nitrogen and oxygen atoms in total. The third-order valence-electron chi connectivity index (χ3n) is 6.59. The molecule has 1 atom stereocenters. The summed E-state index contributed by atoms with van der Waals surface area (Å²) in [5.41, 5.74) is 4.81. The Morgan fingerprint density at radius 2 is 2.17 bits per heavy atom. The normalized spacial score (nSPS) is 20.7. The van der Waals surface area contributed by atoms with Crippen LogP contribution in [0.3, 0.4) is 0 Å². The molecule has 1 fully saturated rings. The first-order valence-electron chi connectivity index (χ1n) is 10.6. The van der Waals surface area contributed by atoms with Gasteiger partial charge < -0.3 is 9.72 Å². The lowest BCUT2D eigenvalue weighted by Crippen LogP contribution is -2.42. The second-order valence-corrected chi connectivity index (χ2v) is 9.84. The maximum absolute atomic E-state index is 5.99. The average molecular weight is 413 g/mol. The van der Waals surface area contributed by atoms with Crippen molar-refractivity contribution < 1.29 is 4.74 Å². The third-order valence-corrected chi connectivity index (χ3v) is 7.63. The van der Waals surface area contributed by atoms with E-state index in [0.29, 0.717) is 0 Å². The Labute approximate surface area is 177 Å². The van der Waals surface area contributed by atoms with Crippen molar-refractivity contribution in [3.8, 4) is 0 Å². The number of hydrogen-bond acceptors (Lipinski definition) is 5. The van der Waals surface area contributed by atoms with Gasteiger partial charge in [-0.05, 0) is 65.1 Å². The Bertz CT molecular complexity index is 945. The van der Waals surface area contributed by atoms with E-state index < -0.39 is 0 Å². The lowest BCUT2D eigenvalue weighted by atomic mass is 9.82. The van der Waals surface area contributed by atoms with Crippen LogP contribution in [-0.4, -0.2) is 46.2 Å². The van der Waals surface area contributed by atoms with Crippen molar-refractivity contribution in [2.75, 3.05) is 26.3 Å². The molecule has 0 amide bonds.